The van der Waals surface area contributed by atoms with Crippen molar-refractivity contribution in [3.05, 3.63) is 53.2 Å². The summed E-state index contributed by atoms with van der Waals surface area (Å²) >= 11 is 1.36. The van der Waals surface area contributed by atoms with E-state index in [9.17, 15) is 4.79 Å². The standard InChI is InChI=1S/C15H13N5OS/c1-9-10(2)17-8-18-13(9)14(21)20-15-19-12(7-22-15)11-4-3-5-16-6-11/h3-8H,1-2H3,(H,19,20,21). The summed E-state index contributed by atoms with van der Waals surface area (Å²) in [6.07, 6.45) is 4.83. The van der Waals surface area contributed by atoms with Gasteiger partial charge in [0.25, 0.3) is 5.91 Å². The van der Waals surface area contributed by atoms with Gasteiger partial charge in [0.2, 0.25) is 0 Å². The average Bonchev–Trinajstić information content (AvgIpc) is 2.99. The Morgan fingerprint density at radius 3 is 2.91 bits per heavy atom. The largest absolute Gasteiger partial charge is 0.296 e. The molecule has 0 saturated heterocycles. The van der Waals surface area contributed by atoms with E-state index in [1.54, 1.807) is 12.4 Å². The molecule has 0 aliphatic rings. The third-order valence-electron chi connectivity index (χ3n) is 3.23. The number of hydrogen-bond donors (Lipinski definition) is 1. The average molecular weight is 311 g/mol. The van der Waals surface area contributed by atoms with Crippen molar-refractivity contribution in [1.29, 1.82) is 0 Å². The van der Waals surface area contributed by atoms with E-state index in [2.05, 4.69) is 25.3 Å². The van der Waals surface area contributed by atoms with Gasteiger partial charge in [0.15, 0.2) is 5.13 Å². The van der Waals surface area contributed by atoms with Crippen LogP contribution in [0.4, 0.5) is 5.13 Å². The Kier molecular flexibility index (Phi) is 3.88. The summed E-state index contributed by atoms with van der Waals surface area (Å²) in [5.74, 6) is -0.282. The lowest BCUT2D eigenvalue weighted by molar-refractivity contribution is 0.102. The fourth-order valence-corrected chi connectivity index (χ4v) is 2.62. The van der Waals surface area contributed by atoms with Gasteiger partial charge < -0.3 is 0 Å². The molecule has 22 heavy (non-hydrogen) atoms. The lowest BCUT2D eigenvalue weighted by Gasteiger charge is -2.05. The molecule has 0 fully saturated rings. The SMILES string of the molecule is Cc1ncnc(C(=O)Nc2nc(-c3cccnc3)cs2)c1C. The minimum atomic E-state index is -0.282. The molecule has 7 heteroatoms. The molecule has 110 valence electrons. The highest BCUT2D eigenvalue weighted by atomic mass is 32.1. The van der Waals surface area contributed by atoms with E-state index < -0.39 is 0 Å². The number of amides is 1. The highest BCUT2D eigenvalue weighted by Crippen LogP contribution is 2.24. The zero-order chi connectivity index (χ0) is 15.5. The highest BCUT2D eigenvalue weighted by molar-refractivity contribution is 7.14. The molecule has 0 aliphatic heterocycles. The third-order valence-corrected chi connectivity index (χ3v) is 3.99. The molecule has 3 heterocycles. The number of anilines is 1. The smallest absolute Gasteiger partial charge is 0.276 e. The van der Waals surface area contributed by atoms with Crippen LogP contribution < -0.4 is 5.32 Å². The molecule has 0 aliphatic carbocycles. The molecule has 1 N–H and O–H groups in total. The quantitative estimate of drug-likeness (QED) is 0.804. The Morgan fingerprint density at radius 2 is 2.14 bits per heavy atom. The van der Waals surface area contributed by atoms with Crippen molar-refractivity contribution in [2.75, 3.05) is 5.32 Å². The number of carbonyl (C=O) groups excluding carboxylic acids is 1. The Morgan fingerprint density at radius 1 is 1.27 bits per heavy atom. The van der Waals surface area contributed by atoms with Crippen LogP contribution in [0.5, 0.6) is 0 Å². The first-order valence-corrected chi connectivity index (χ1v) is 7.48. The van der Waals surface area contributed by atoms with Crippen LogP contribution in [0.25, 0.3) is 11.3 Å². The summed E-state index contributed by atoms with van der Waals surface area (Å²) in [4.78, 5) is 28.9. The van der Waals surface area contributed by atoms with Crippen LogP contribution in [0.2, 0.25) is 0 Å². The summed E-state index contributed by atoms with van der Waals surface area (Å²) in [5, 5.41) is 5.18. The second kappa shape index (κ2) is 5.98. The number of nitrogens with zero attached hydrogens (tertiary/aromatic N) is 4. The maximum absolute atomic E-state index is 12.3. The van der Waals surface area contributed by atoms with Crippen LogP contribution >= 0.6 is 11.3 Å². The van der Waals surface area contributed by atoms with Crippen molar-refractivity contribution in [3.8, 4) is 11.3 Å². The van der Waals surface area contributed by atoms with Gasteiger partial charge in [0.1, 0.15) is 12.0 Å². The number of aryl methyl sites for hydroxylation is 1. The Hall–Kier alpha value is -2.67. The molecule has 0 unspecified atom stereocenters. The number of aromatic nitrogens is 4. The van der Waals surface area contributed by atoms with Crippen molar-refractivity contribution in [1.82, 2.24) is 19.9 Å². The molecule has 3 aromatic heterocycles. The molecule has 0 radical (unpaired) electrons. The third kappa shape index (κ3) is 2.84. The van der Waals surface area contributed by atoms with Crippen molar-refractivity contribution < 1.29 is 4.79 Å². The number of hydrogen-bond acceptors (Lipinski definition) is 6. The lowest BCUT2D eigenvalue weighted by atomic mass is 10.2. The second-order valence-electron chi connectivity index (χ2n) is 4.67. The van der Waals surface area contributed by atoms with Crippen molar-refractivity contribution in [2.45, 2.75) is 13.8 Å². The minimum Gasteiger partial charge on any atom is -0.296 e. The molecule has 3 rings (SSSR count). The first-order chi connectivity index (χ1) is 10.6. The van der Waals surface area contributed by atoms with E-state index in [-0.39, 0.29) is 5.91 Å². The van der Waals surface area contributed by atoms with Gasteiger partial charge in [-0.1, -0.05) is 0 Å². The molecule has 0 saturated carbocycles. The van der Waals surface area contributed by atoms with Gasteiger partial charge in [0, 0.05) is 34.6 Å². The van der Waals surface area contributed by atoms with Crippen LogP contribution in [0, 0.1) is 13.8 Å². The number of thiazole rings is 1. The van der Waals surface area contributed by atoms with Gasteiger partial charge in [-0.25, -0.2) is 15.0 Å². The Labute approximate surface area is 131 Å². The molecule has 0 atom stereocenters. The second-order valence-corrected chi connectivity index (χ2v) is 5.52. The van der Waals surface area contributed by atoms with E-state index in [1.807, 2.05) is 31.4 Å². The maximum Gasteiger partial charge on any atom is 0.276 e. The van der Waals surface area contributed by atoms with Crippen molar-refractivity contribution >= 4 is 22.4 Å². The summed E-state index contributed by atoms with van der Waals surface area (Å²) in [6, 6.07) is 3.77. The van der Waals surface area contributed by atoms with Crippen LogP contribution in [-0.2, 0) is 0 Å². The number of rotatable bonds is 3. The van der Waals surface area contributed by atoms with Gasteiger partial charge in [0.05, 0.1) is 5.69 Å². The Balaban J connectivity index is 1.81. The number of nitrogens with one attached hydrogen (secondary N) is 1. The fourth-order valence-electron chi connectivity index (χ4n) is 1.90. The first-order valence-electron chi connectivity index (χ1n) is 6.60. The van der Waals surface area contributed by atoms with E-state index in [0.717, 1.165) is 22.5 Å². The summed E-state index contributed by atoms with van der Waals surface area (Å²) in [7, 11) is 0. The molecular weight excluding hydrogens is 298 g/mol. The topological polar surface area (TPSA) is 80.7 Å². The monoisotopic (exact) mass is 311 g/mol. The highest BCUT2D eigenvalue weighted by Gasteiger charge is 2.14. The van der Waals surface area contributed by atoms with Crippen LogP contribution in [-0.4, -0.2) is 25.8 Å². The van der Waals surface area contributed by atoms with Crippen LogP contribution in [0.1, 0.15) is 21.7 Å². The normalized spacial score (nSPS) is 10.5. The molecule has 6 nitrogen and oxygen atoms in total. The number of pyridine rings is 1. The number of carbonyl (C=O) groups is 1. The summed E-state index contributed by atoms with van der Waals surface area (Å²) in [5.41, 5.74) is 3.61. The molecular formula is C15H13N5OS. The first kappa shape index (κ1) is 14.3. The van der Waals surface area contributed by atoms with Crippen LogP contribution in [0.3, 0.4) is 0 Å². The van der Waals surface area contributed by atoms with Gasteiger partial charge in [-0.15, -0.1) is 11.3 Å². The maximum atomic E-state index is 12.3. The molecule has 1 amide bonds. The predicted molar refractivity (Wildman–Crippen MR) is 84.8 cm³/mol. The fraction of sp³-hybridized carbons (Fsp3) is 0.133. The minimum absolute atomic E-state index is 0.282. The van der Waals surface area contributed by atoms with Crippen molar-refractivity contribution in [2.24, 2.45) is 0 Å². The van der Waals surface area contributed by atoms with Gasteiger partial charge in [-0.05, 0) is 26.0 Å². The summed E-state index contributed by atoms with van der Waals surface area (Å²) in [6.45, 7) is 3.67. The molecule has 0 bridgehead atoms. The molecule has 0 spiro atoms. The molecule has 0 aromatic carbocycles. The molecule has 3 aromatic rings. The van der Waals surface area contributed by atoms with Gasteiger partial charge >= 0.3 is 0 Å². The van der Waals surface area contributed by atoms with E-state index in [4.69, 9.17) is 0 Å². The van der Waals surface area contributed by atoms with Crippen LogP contribution in [0.15, 0.2) is 36.2 Å². The summed E-state index contributed by atoms with van der Waals surface area (Å²) < 4.78 is 0. The van der Waals surface area contributed by atoms with E-state index >= 15 is 0 Å². The van der Waals surface area contributed by atoms with Crippen molar-refractivity contribution in [3.63, 3.8) is 0 Å². The Bertz CT molecular complexity index is 816. The predicted octanol–water partition coefficient (Wildman–Crippen LogP) is 2.86. The zero-order valence-electron chi connectivity index (χ0n) is 12.1. The van der Waals surface area contributed by atoms with Gasteiger partial charge in [-0.2, -0.15) is 0 Å². The van der Waals surface area contributed by atoms with E-state index in [0.29, 0.717) is 10.8 Å². The lowest BCUT2D eigenvalue weighted by Crippen LogP contribution is -2.16. The van der Waals surface area contributed by atoms with E-state index in [1.165, 1.54) is 17.7 Å². The zero-order valence-corrected chi connectivity index (χ0v) is 12.9. The van der Waals surface area contributed by atoms with Gasteiger partial charge in [-0.3, -0.25) is 15.1 Å².